The summed E-state index contributed by atoms with van der Waals surface area (Å²) < 4.78 is 0. The highest BCUT2D eigenvalue weighted by Gasteiger charge is 2.23. The van der Waals surface area contributed by atoms with Crippen LogP contribution in [0.5, 0.6) is 0 Å². The standard InChI is InChI=1S/C12H22N2O5/c1-4-7(2)5-8(3)13-12(19)14-9(11(17)18)6-10(15)16/h7-9H,4-6H2,1-3H3,(H,15,16)(H,17,18)(H2,13,14,19)/t7?,8?,9-/m1/s1. The largest absolute Gasteiger partial charge is 0.481 e. The predicted octanol–water partition coefficient (Wildman–Crippen LogP) is 1.04. The molecule has 2 unspecified atom stereocenters. The summed E-state index contributed by atoms with van der Waals surface area (Å²) in [4.78, 5) is 32.8. The summed E-state index contributed by atoms with van der Waals surface area (Å²) in [5.74, 6) is -2.20. The van der Waals surface area contributed by atoms with Crippen LogP contribution < -0.4 is 10.6 Å². The zero-order chi connectivity index (χ0) is 15.0. The van der Waals surface area contributed by atoms with E-state index in [2.05, 4.69) is 17.6 Å². The first kappa shape index (κ1) is 17.2. The topological polar surface area (TPSA) is 116 Å². The van der Waals surface area contributed by atoms with Crippen LogP contribution in [0.1, 0.15) is 40.0 Å². The molecule has 4 N–H and O–H groups in total. The van der Waals surface area contributed by atoms with Crippen LogP contribution in [0.4, 0.5) is 4.79 Å². The Morgan fingerprint density at radius 3 is 2.11 bits per heavy atom. The maximum atomic E-state index is 11.5. The molecular formula is C12H22N2O5. The molecule has 0 aromatic carbocycles. The molecule has 0 saturated heterocycles. The van der Waals surface area contributed by atoms with Gasteiger partial charge in [0.1, 0.15) is 6.04 Å². The van der Waals surface area contributed by atoms with Gasteiger partial charge < -0.3 is 20.8 Å². The lowest BCUT2D eigenvalue weighted by atomic mass is 10.0. The minimum atomic E-state index is -1.42. The monoisotopic (exact) mass is 274 g/mol. The summed E-state index contributed by atoms with van der Waals surface area (Å²) in [6, 6.07) is -2.19. The van der Waals surface area contributed by atoms with E-state index in [0.717, 1.165) is 12.8 Å². The van der Waals surface area contributed by atoms with Crippen LogP contribution in [-0.4, -0.2) is 40.3 Å². The molecule has 7 nitrogen and oxygen atoms in total. The molecule has 0 spiro atoms. The Hall–Kier alpha value is -1.79. The lowest BCUT2D eigenvalue weighted by molar-refractivity contribution is -0.145. The molecule has 0 saturated carbocycles. The number of aliphatic carboxylic acids is 2. The average Bonchev–Trinajstić information content (AvgIpc) is 2.26. The molecule has 110 valence electrons. The van der Waals surface area contributed by atoms with Crippen LogP contribution in [-0.2, 0) is 9.59 Å². The Kier molecular flexibility index (Phi) is 7.55. The van der Waals surface area contributed by atoms with Crippen molar-refractivity contribution in [3.05, 3.63) is 0 Å². The lowest BCUT2D eigenvalue weighted by Crippen LogP contribution is -2.49. The maximum Gasteiger partial charge on any atom is 0.326 e. The van der Waals surface area contributed by atoms with E-state index in [1.54, 1.807) is 0 Å². The highest BCUT2D eigenvalue weighted by molar-refractivity contribution is 5.86. The van der Waals surface area contributed by atoms with Gasteiger partial charge in [-0.25, -0.2) is 9.59 Å². The van der Waals surface area contributed by atoms with Crippen molar-refractivity contribution in [2.24, 2.45) is 5.92 Å². The molecule has 2 amide bonds. The number of hydrogen-bond acceptors (Lipinski definition) is 3. The minimum Gasteiger partial charge on any atom is -0.481 e. The molecule has 0 aromatic heterocycles. The second kappa shape index (κ2) is 8.34. The highest BCUT2D eigenvalue weighted by Crippen LogP contribution is 2.09. The molecule has 0 rings (SSSR count). The average molecular weight is 274 g/mol. The van der Waals surface area contributed by atoms with Crippen molar-refractivity contribution in [3.8, 4) is 0 Å². The fraction of sp³-hybridized carbons (Fsp3) is 0.750. The van der Waals surface area contributed by atoms with E-state index in [1.807, 2.05) is 13.8 Å². The number of amides is 2. The van der Waals surface area contributed by atoms with Gasteiger partial charge in [-0.05, 0) is 19.3 Å². The van der Waals surface area contributed by atoms with Crippen LogP contribution in [0, 0.1) is 5.92 Å². The molecule has 0 aliphatic rings. The van der Waals surface area contributed by atoms with Gasteiger partial charge in [0.15, 0.2) is 0 Å². The van der Waals surface area contributed by atoms with Gasteiger partial charge in [0, 0.05) is 6.04 Å². The summed E-state index contributed by atoms with van der Waals surface area (Å²) >= 11 is 0. The van der Waals surface area contributed by atoms with Gasteiger partial charge in [-0.2, -0.15) is 0 Å². The van der Waals surface area contributed by atoms with Crippen molar-refractivity contribution in [2.75, 3.05) is 0 Å². The van der Waals surface area contributed by atoms with Gasteiger partial charge in [-0.15, -0.1) is 0 Å². The predicted molar refractivity (Wildman–Crippen MR) is 68.9 cm³/mol. The molecular weight excluding hydrogens is 252 g/mol. The van der Waals surface area contributed by atoms with Crippen LogP contribution in [0.3, 0.4) is 0 Å². The summed E-state index contributed by atoms with van der Waals surface area (Å²) in [6.45, 7) is 5.92. The first-order chi connectivity index (χ1) is 8.76. The van der Waals surface area contributed by atoms with Crippen LogP contribution in [0.15, 0.2) is 0 Å². The Bertz CT molecular complexity index is 332. The smallest absolute Gasteiger partial charge is 0.326 e. The fourth-order valence-electron chi connectivity index (χ4n) is 1.63. The zero-order valence-electron chi connectivity index (χ0n) is 11.5. The molecule has 0 bridgehead atoms. The van der Waals surface area contributed by atoms with Gasteiger partial charge >= 0.3 is 18.0 Å². The molecule has 19 heavy (non-hydrogen) atoms. The molecule has 7 heteroatoms. The van der Waals surface area contributed by atoms with E-state index >= 15 is 0 Å². The van der Waals surface area contributed by atoms with Crippen molar-refractivity contribution in [1.82, 2.24) is 10.6 Å². The Morgan fingerprint density at radius 1 is 1.11 bits per heavy atom. The Balaban J connectivity index is 4.26. The summed E-state index contributed by atoms with van der Waals surface area (Å²) in [5.41, 5.74) is 0. The van der Waals surface area contributed by atoms with Crippen molar-refractivity contribution in [1.29, 1.82) is 0 Å². The van der Waals surface area contributed by atoms with Crippen LogP contribution >= 0.6 is 0 Å². The quantitative estimate of drug-likeness (QED) is 0.527. The van der Waals surface area contributed by atoms with Gasteiger partial charge in [-0.1, -0.05) is 20.3 Å². The molecule has 3 atom stereocenters. The Morgan fingerprint density at radius 2 is 1.68 bits per heavy atom. The summed E-state index contributed by atoms with van der Waals surface area (Å²) in [7, 11) is 0. The van der Waals surface area contributed by atoms with E-state index < -0.39 is 30.4 Å². The lowest BCUT2D eigenvalue weighted by Gasteiger charge is -2.19. The van der Waals surface area contributed by atoms with Gasteiger partial charge in [-0.3, -0.25) is 4.79 Å². The fourth-order valence-corrected chi connectivity index (χ4v) is 1.63. The molecule has 0 radical (unpaired) electrons. The third-order valence-corrected chi connectivity index (χ3v) is 2.81. The number of carbonyl (C=O) groups excluding carboxylic acids is 1. The third kappa shape index (κ3) is 8.01. The van der Waals surface area contributed by atoms with E-state index in [-0.39, 0.29) is 6.04 Å². The number of nitrogens with one attached hydrogen (secondary N) is 2. The van der Waals surface area contributed by atoms with Crippen molar-refractivity contribution in [3.63, 3.8) is 0 Å². The first-order valence-corrected chi connectivity index (χ1v) is 6.27. The highest BCUT2D eigenvalue weighted by atomic mass is 16.4. The number of carboxylic acid groups (broad SMARTS) is 2. The van der Waals surface area contributed by atoms with E-state index in [1.165, 1.54) is 0 Å². The van der Waals surface area contributed by atoms with Crippen molar-refractivity contribution < 1.29 is 24.6 Å². The van der Waals surface area contributed by atoms with E-state index in [4.69, 9.17) is 10.2 Å². The van der Waals surface area contributed by atoms with E-state index in [0.29, 0.717) is 5.92 Å². The normalized spacial score (nSPS) is 15.1. The van der Waals surface area contributed by atoms with Crippen LogP contribution in [0.25, 0.3) is 0 Å². The SMILES string of the molecule is CCC(C)CC(C)NC(=O)N[C@H](CC(=O)O)C(=O)O. The van der Waals surface area contributed by atoms with Gasteiger partial charge in [0.05, 0.1) is 6.42 Å². The molecule has 0 aliphatic carbocycles. The number of rotatable bonds is 8. The number of carbonyl (C=O) groups is 3. The summed E-state index contributed by atoms with van der Waals surface area (Å²) in [5, 5.41) is 22.1. The molecule has 0 fully saturated rings. The number of hydrogen-bond donors (Lipinski definition) is 4. The third-order valence-electron chi connectivity index (χ3n) is 2.81. The second-order valence-electron chi connectivity index (χ2n) is 4.76. The van der Waals surface area contributed by atoms with Crippen molar-refractivity contribution in [2.45, 2.75) is 52.1 Å². The Labute approximate surface area is 112 Å². The van der Waals surface area contributed by atoms with Gasteiger partial charge in [0.2, 0.25) is 0 Å². The van der Waals surface area contributed by atoms with Crippen LogP contribution in [0.2, 0.25) is 0 Å². The zero-order valence-corrected chi connectivity index (χ0v) is 11.5. The minimum absolute atomic E-state index is 0.103. The maximum absolute atomic E-state index is 11.5. The number of carboxylic acids is 2. The molecule has 0 heterocycles. The number of urea groups is 1. The summed E-state index contributed by atoms with van der Waals surface area (Å²) in [6.07, 6.45) is 1.12. The van der Waals surface area contributed by atoms with E-state index in [9.17, 15) is 14.4 Å². The first-order valence-electron chi connectivity index (χ1n) is 6.27. The van der Waals surface area contributed by atoms with Gasteiger partial charge in [0.25, 0.3) is 0 Å². The van der Waals surface area contributed by atoms with Crippen molar-refractivity contribution >= 4 is 18.0 Å². The molecule has 0 aromatic rings. The molecule has 0 aliphatic heterocycles. The second-order valence-corrected chi connectivity index (χ2v) is 4.76.